The molecule has 1 unspecified atom stereocenters. The highest BCUT2D eigenvalue weighted by atomic mass is 35.5. The number of aryl methyl sites for hydroxylation is 1. The summed E-state index contributed by atoms with van der Waals surface area (Å²) in [4.78, 5) is 20.4. The average Bonchev–Trinajstić information content (AvgIpc) is 3.30. The lowest BCUT2D eigenvalue weighted by molar-refractivity contribution is -0.0736. The maximum Gasteiger partial charge on any atom is 0.277 e. The van der Waals surface area contributed by atoms with E-state index >= 15 is 4.39 Å². The molecular formula is C24H22BClF3N5O4. The molecule has 0 bridgehead atoms. The second kappa shape index (κ2) is 11.0. The molecule has 0 aromatic carbocycles. The minimum Gasteiger partial charge on any atom is -0.465 e. The molecular weight excluding hydrogens is 526 g/mol. The smallest absolute Gasteiger partial charge is 0.277 e. The Labute approximate surface area is 221 Å². The van der Waals surface area contributed by atoms with E-state index in [4.69, 9.17) is 24.2 Å². The molecule has 198 valence electrons. The number of allylic oxidation sites excluding steroid dienone is 2. The number of rotatable bonds is 7. The molecule has 3 aromatic rings. The molecule has 0 amide bonds. The van der Waals surface area contributed by atoms with Crippen LogP contribution in [-0.2, 0) is 11.3 Å². The Kier molecular flexibility index (Phi) is 8.34. The van der Waals surface area contributed by atoms with Crippen LogP contribution in [0.4, 0.5) is 13.2 Å². The highest BCUT2D eigenvalue weighted by Gasteiger charge is 2.32. The normalized spacial score (nSPS) is 14.7. The van der Waals surface area contributed by atoms with Gasteiger partial charge >= 0.3 is 0 Å². The van der Waals surface area contributed by atoms with Crippen molar-refractivity contribution in [3.05, 3.63) is 92.8 Å². The monoisotopic (exact) mass is 547 g/mol. The van der Waals surface area contributed by atoms with Crippen LogP contribution in [0.25, 0.3) is 6.20 Å². The molecule has 3 rings (SSSR count). The van der Waals surface area contributed by atoms with Gasteiger partial charge in [0, 0.05) is 30.2 Å². The van der Waals surface area contributed by atoms with E-state index in [2.05, 4.69) is 15.1 Å². The summed E-state index contributed by atoms with van der Waals surface area (Å²) in [6, 6.07) is 3.04. The fraction of sp³-hybridized carbons (Fsp3) is 0.250. The van der Waals surface area contributed by atoms with Gasteiger partial charge in [-0.2, -0.15) is 5.10 Å². The molecule has 0 aliphatic carbocycles. The third kappa shape index (κ3) is 6.23. The molecule has 0 aliphatic heterocycles. The molecule has 2 radical (unpaired) electrons. The topological polar surface area (TPSA) is 115 Å². The highest BCUT2D eigenvalue weighted by molar-refractivity contribution is 6.32. The summed E-state index contributed by atoms with van der Waals surface area (Å²) in [6.45, 7) is 6.06. The molecule has 0 saturated heterocycles. The fourth-order valence-corrected chi connectivity index (χ4v) is 3.32. The molecule has 3 aromatic heterocycles. The number of hydrogen-bond acceptors (Lipinski definition) is 7. The van der Waals surface area contributed by atoms with Gasteiger partial charge in [-0.15, -0.1) is 0 Å². The zero-order valence-electron chi connectivity index (χ0n) is 20.7. The number of aliphatic imine (C=N–C) groups is 1. The van der Waals surface area contributed by atoms with Crippen LogP contribution >= 0.6 is 11.6 Å². The van der Waals surface area contributed by atoms with Crippen molar-refractivity contribution in [2.75, 3.05) is 0 Å². The summed E-state index contributed by atoms with van der Waals surface area (Å²) < 4.78 is 49.7. The summed E-state index contributed by atoms with van der Waals surface area (Å²) in [5.41, 5.74) is -5.77. The van der Waals surface area contributed by atoms with Crippen LogP contribution in [0.5, 0.6) is 5.75 Å². The van der Waals surface area contributed by atoms with E-state index in [1.807, 2.05) is 0 Å². The summed E-state index contributed by atoms with van der Waals surface area (Å²) >= 11 is 6.11. The molecule has 1 atom stereocenters. The van der Waals surface area contributed by atoms with Gasteiger partial charge in [-0.3, -0.25) is 9.36 Å². The van der Waals surface area contributed by atoms with Gasteiger partial charge < -0.3 is 14.9 Å². The number of ether oxygens (including phenoxy) is 1. The van der Waals surface area contributed by atoms with Crippen LogP contribution in [0, 0.1) is 18.6 Å². The summed E-state index contributed by atoms with van der Waals surface area (Å²) in [6.07, 6.45) is 5.64. The van der Waals surface area contributed by atoms with Crippen molar-refractivity contribution in [1.29, 1.82) is 0 Å². The van der Waals surface area contributed by atoms with E-state index in [9.17, 15) is 23.8 Å². The van der Waals surface area contributed by atoms with Crippen LogP contribution in [0.1, 0.15) is 37.9 Å². The van der Waals surface area contributed by atoms with Gasteiger partial charge in [-0.05, 0) is 33.8 Å². The van der Waals surface area contributed by atoms with Gasteiger partial charge in [0.05, 0.1) is 18.1 Å². The zero-order valence-corrected chi connectivity index (χ0v) is 21.4. The third-order valence-electron chi connectivity index (χ3n) is 4.99. The van der Waals surface area contributed by atoms with E-state index in [1.54, 1.807) is 13.0 Å². The molecule has 14 heteroatoms. The quantitative estimate of drug-likeness (QED) is 0.203. The van der Waals surface area contributed by atoms with Crippen molar-refractivity contribution < 1.29 is 28.1 Å². The van der Waals surface area contributed by atoms with Crippen LogP contribution in [0.3, 0.4) is 0 Å². The predicted octanol–water partition coefficient (Wildman–Crippen LogP) is 3.51. The molecule has 0 fully saturated rings. The number of halogens is 4. The third-order valence-corrected chi connectivity index (χ3v) is 5.34. The van der Waals surface area contributed by atoms with Crippen LogP contribution in [0.2, 0.25) is 5.02 Å². The van der Waals surface area contributed by atoms with Crippen molar-refractivity contribution in [1.82, 2.24) is 19.3 Å². The van der Waals surface area contributed by atoms with E-state index in [0.717, 1.165) is 21.5 Å². The van der Waals surface area contributed by atoms with Gasteiger partial charge in [0.15, 0.2) is 25.3 Å². The molecule has 0 saturated carbocycles. The molecule has 38 heavy (non-hydrogen) atoms. The van der Waals surface area contributed by atoms with E-state index in [1.165, 1.54) is 39.2 Å². The number of aliphatic hydroxyl groups is 2. The molecule has 0 spiro atoms. The predicted molar refractivity (Wildman–Crippen MR) is 135 cm³/mol. The van der Waals surface area contributed by atoms with Crippen molar-refractivity contribution in [3.63, 3.8) is 0 Å². The Morgan fingerprint density at radius 1 is 1.29 bits per heavy atom. The first kappa shape index (κ1) is 28.9. The largest absolute Gasteiger partial charge is 0.465 e. The minimum absolute atomic E-state index is 0.0657. The van der Waals surface area contributed by atoms with Gasteiger partial charge in [-0.25, -0.2) is 27.8 Å². The first-order valence-electron chi connectivity index (χ1n) is 10.9. The SMILES string of the molecule is [B]C(O)(Oc1cc(C)n(/C=C(F)/C(=N/C=C/C)n2ccc(C(C)(C)O)n2)c(=O)c1Cl)c1ncc(F)cc1F. The average molecular weight is 548 g/mol. The van der Waals surface area contributed by atoms with Crippen molar-refractivity contribution >= 4 is 31.5 Å². The van der Waals surface area contributed by atoms with Crippen molar-refractivity contribution in [2.45, 2.75) is 39.0 Å². The van der Waals surface area contributed by atoms with Crippen molar-refractivity contribution in [3.8, 4) is 5.75 Å². The minimum atomic E-state index is -2.93. The standard InChI is InChI=1S/C24H22BClF3N5O4/c1-5-7-30-21(34-8-6-18(32-34)23(3,4)36)16(29)12-33-13(2)9-17(19(26)22(33)35)38-24(25,37)20-15(28)10-14(27)11-31-20/h5-12,36-37H,1-4H3/b7-5+,16-12-,30-21-. The number of hydrogen-bond donors (Lipinski definition) is 2. The van der Waals surface area contributed by atoms with E-state index < -0.39 is 50.8 Å². The van der Waals surface area contributed by atoms with Crippen LogP contribution < -0.4 is 10.3 Å². The second-order valence-electron chi connectivity index (χ2n) is 8.54. The first-order chi connectivity index (χ1) is 17.7. The summed E-state index contributed by atoms with van der Waals surface area (Å²) in [5, 5.41) is 24.1. The number of nitrogens with zero attached hydrogens (tertiary/aromatic N) is 5. The highest BCUT2D eigenvalue weighted by Crippen LogP contribution is 2.29. The number of pyridine rings is 2. The Balaban J connectivity index is 2.03. The summed E-state index contributed by atoms with van der Waals surface area (Å²) in [5.74, 6) is -4.11. The lowest BCUT2D eigenvalue weighted by Crippen LogP contribution is -2.36. The number of aromatic nitrogens is 4. The first-order valence-corrected chi connectivity index (χ1v) is 11.3. The molecule has 3 heterocycles. The van der Waals surface area contributed by atoms with Crippen LogP contribution in [0.15, 0.2) is 58.5 Å². The van der Waals surface area contributed by atoms with Crippen LogP contribution in [-0.4, -0.2) is 43.2 Å². The van der Waals surface area contributed by atoms with E-state index in [0.29, 0.717) is 12.3 Å². The van der Waals surface area contributed by atoms with Crippen molar-refractivity contribution in [2.24, 2.45) is 4.99 Å². The Morgan fingerprint density at radius 2 is 1.97 bits per heavy atom. The molecule has 9 nitrogen and oxygen atoms in total. The second-order valence-corrected chi connectivity index (χ2v) is 8.92. The Bertz CT molecular complexity index is 1510. The van der Waals surface area contributed by atoms with Gasteiger partial charge in [0.2, 0.25) is 5.69 Å². The van der Waals surface area contributed by atoms with Gasteiger partial charge in [0.1, 0.15) is 27.9 Å². The lowest BCUT2D eigenvalue weighted by Gasteiger charge is -2.26. The molecule has 2 N–H and O–H groups in total. The van der Waals surface area contributed by atoms with Gasteiger partial charge in [0.25, 0.3) is 5.56 Å². The fourth-order valence-electron chi connectivity index (χ4n) is 3.14. The molecule has 0 aliphatic rings. The van der Waals surface area contributed by atoms with Gasteiger partial charge in [-0.1, -0.05) is 17.7 Å². The summed E-state index contributed by atoms with van der Waals surface area (Å²) in [7, 11) is 5.61. The van der Waals surface area contributed by atoms with E-state index in [-0.39, 0.29) is 17.2 Å². The maximum absolute atomic E-state index is 15.4. The Morgan fingerprint density at radius 3 is 2.55 bits per heavy atom. The maximum atomic E-state index is 15.4. The lowest BCUT2D eigenvalue weighted by atomic mass is 9.90. The Hall–Kier alpha value is -3.68. The zero-order chi connectivity index (χ0) is 28.4.